The first-order valence-electron chi connectivity index (χ1n) is 8.81. The van der Waals surface area contributed by atoms with Gasteiger partial charge in [-0.1, -0.05) is 18.2 Å². The highest BCUT2D eigenvalue weighted by molar-refractivity contribution is 6.03. The van der Waals surface area contributed by atoms with E-state index in [1.807, 2.05) is 18.2 Å². The average Bonchev–Trinajstić information content (AvgIpc) is 2.69. The fourth-order valence-electron chi connectivity index (χ4n) is 2.52. The van der Waals surface area contributed by atoms with Crippen molar-refractivity contribution >= 4 is 29.1 Å². The lowest BCUT2D eigenvalue weighted by atomic mass is 10.2. The lowest BCUT2D eigenvalue weighted by molar-refractivity contribution is 0.0526. The number of nitrogens with one attached hydrogen (secondary N) is 2. The summed E-state index contributed by atoms with van der Waals surface area (Å²) in [6.45, 7) is 3.80. The molecule has 0 fully saturated rings. The number of aromatic nitrogens is 2. The third-order valence-electron chi connectivity index (χ3n) is 3.77. The molecular formula is C21H20N4O3. The summed E-state index contributed by atoms with van der Waals surface area (Å²) < 4.78 is 4.97. The quantitative estimate of drug-likeness (QED) is 0.633. The third-order valence-corrected chi connectivity index (χ3v) is 3.77. The molecule has 0 aliphatic carbocycles. The SMILES string of the molecule is CCOC(=O)c1ccc(Nc2cc(C(=O)Nc3ccccc3)nc(C)n2)cc1. The van der Waals surface area contributed by atoms with Gasteiger partial charge in [-0.25, -0.2) is 14.8 Å². The monoisotopic (exact) mass is 376 g/mol. The van der Waals surface area contributed by atoms with Crippen molar-refractivity contribution in [2.24, 2.45) is 0 Å². The van der Waals surface area contributed by atoms with Gasteiger partial charge in [0.1, 0.15) is 17.3 Å². The summed E-state index contributed by atoms with van der Waals surface area (Å²) in [4.78, 5) is 32.7. The number of hydrogen-bond donors (Lipinski definition) is 2. The Morgan fingerprint density at radius 1 is 0.964 bits per heavy atom. The van der Waals surface area contributed by atoms with Crippen molar-refractivity contribution in [1.29, 1.82) is 0 Å². The number of carbonyl (C=O) groups excluding carboxylic acids is 2. The van der Waals surface area contributed by atoms with Crippen LogP contribution in [0.1, 0.15) is 33.6 Å². The van der Waals surface area contributed by atoms with Crippen molar-refractivity contribution in [2.75, 3.05) is 17.2 Å². The van der Waals surface area contributed by atoms with E-state index in [9.17, 15) is 9.59 Å². The standard InChI is InChI=1S/C21H20N4O3/c1-3-28-21(27)15-9-11-17(12-10-15)24-19-13-18(22-14(2)23-19)20(26)25-16-7-5-4-6-8-16/h4-13H,3H2,1-2H3,(H,25,26)(H,22,23,24). The van der Waals surface area contributed by atoms with Gasteiger partial charge in [0.15, 0.2) is 0 Å². The molecule has 142 valence electrons. The van der Waals surface area contributed by atoms with Crippen LogP contribution in [0.4, 0.5) is 17.2 Å². The number of hydrogen-bond acceptors (Lipinski definition) is 6. The molecule has 0 unspecified atom stereocenters. The molecule has 0 spiro atoms. The van der Waals surface area contributed by atoms with Gasteiger partial charge in [-0.15, -0.1) is 0 Å². The van der Waals surface area contributed by atoms with Crippen LogP contribution in [0.5, 0.6) is 0 Å². The lowest BCUT2D eigenvalue weighted by Crippen LogP contribution is -2.15. The van der Waals surface area contributed by atoms with Crippen LogP contribution in [0, 0.1) is 6.92 Å². The second kappa shape index (κ2) is 8.77. The Balaban J connectivity index is 1.74. The zero-order valence-electron chi connectivity index (χ0n) is 15.6. The van der Waals surface area contributed by atoms with Gasteiger partial charge in [0.05, 0.1) is 12.2 Å². The molecule has 1 aromatic heterocycles. The van der Waals surface area contributed by atoms with Gasteiger partial charge < -0.3 is 15.4 Å². The number of nitrogens with zero attached hydrogens (tertiary/aromatic N) is 2. The fraction of sp³-hybridized carbons (Fsp3) is 0.143. The highest BCUT2D eigenvalue weighted by Gasteiger charge is 2.12. The Morgan fingerprint density at radius 3 is 2.36 bits per heavy atom. The van der Waals surface area contributed by atoms with E-state index in [4.69, 9.17) is 4.74 Å². The Kier molecular flexibility index (Phi) is 5.96. The van der Waals surface area contributed by atoms with Crippen LogP contribution < -0.4 is 10.6 Å². The molecule has 0 radical (unpaired) electrons. The number of ether oxygens (including phenoxy) is 1. The highest BCUT2D eigenvalue weighted by atomic mass is 16.5. The number of amides is 1. The van der Waals surface area contributed by atoms with Crippen LogP contribution in [0.3, 0.4) is 0 Å². The number of esters is 1. The Morgan fingerprint density at radius 2 is 1.68 bits per heavy atom. The van der Waals surface area contributed by atoms with Gasteiger partial charge in [-0.2, -0.15) is 0 Å². The molecule has 2 N–H and O–H groups in total. The van der Waals surface area contributed by atoms with Gasteiger partial charge in [0.25, 0.3) is 5.91 Å². The summed E-state index contributed by atoms with van der Waals surface area (Å²) in [5, 5.41) is 5.92. The normalized spacial score (nSPS) is 10.2. The molecule has 0 aliphatic heterocycles. The van der Waals surface area contributed by atoms with Crippen LogP contribution in [0.2, 0.25) is 0 Å². The Bertz CT molecular complexity index is 973. The maximum Gasteiger partial charge on any atom is 0.338 e. The molecule has 28 heavy (non-hydrogen) atoms. The first kappa shape index (κ1) is 19.0. The number of aryl methyl sites for hydroxylation is 1. The summed E-state index contributed by atoms with van der Waals surface area (Å²) in [6, 6.07) is 17.5. The zero-order valence-corrected chi connectivity index (χ0v) is 15.6. The molecule has 1 heterocycles. The predicted molar refractivity (Wildman–Crippen MR) is 107 cm³/mol. The summed E-state index contributed by atoms with van der Waals surface area (Å²) in [5.41, 5.74) is 2.13. The topological polar surface area (TPSA) is 93.2 Å². The molecule has 3 rings (SSSR count). The third kappa shape index (κ3) is 4.91. The van der Waals surface area contributed by atoms with Crippen molar-refractivity contribution in [3.05, 3.63) is 77.7 Å². The van der Waals surface area contributed by atoms with Crippen molar-refractivity contribution in [1.82, 2.24) is 9.97 Å². The Hall–Kier alpha value is -3.74. The van der Waals surface area contributed by atoms with Crippen molar-refractivity contribution in [3.8, 4) is 0 Å². The summed E-state index contributed by atoms with van der Waals surface area (Å²) in [6.07, 6.45) is 0. The largest absolute Gasteiger partial charge is 0.462 e. The summed E-state index contributed by atoms with van der Waals surface area (Å²) in [5.74, 6) is 0.255. The lowest BCUT2D eigenvalue weighted by Gasteiger charge is -2.10. The van der Waals surface area contributed by atoms with Gasteiger partial charge in [0, 0.05) is 17.4 Å². The molecule has 1 amide bonds. The van der Waals surface area contributed by atoms with E-state index in [1.165, 1.54) is 0 Å². The molecule has 0 bridgehead atoms. The molecule has 0 aliphatic rings. The first-order chi connectivity index (χ1) is 13.5. The fourth-order valence-corrected chi connectivity index (χ4v) is 2.52. The van der Waals surface area contributed by atoms with Crippen LogP contribution >= 0.6 is 0 Å². The van der Waals surface area contributed by atoms with Crippen LogP contribution in [0.15, 0.2) is 60.7 Å². The van der Waals surface area contributed by atoms with E-state index in [2.05, 4.69) is 20.6 Å². The average molecular weight is 376 g/mol. The molecule has 7 nitrogen and oxygen atoms in total. The number of rotatable bonds is 6. The van der Waals surface area contributed by atoms with Gasteiger partial charge in [0.2, 0.25) is 0 Å². The highest BCUT2D eigenvalue weighted by Crippen LogP contribution is 2.17. The minimum atomic E-state index is -0.369. The van der Waals surface area contributed by atoms with Crippen molar-refractivity contribution in [3.63, 3.8) is 0 Å². The zero-order chi connectivity index (χ0) is 19.9. The number of anilines is 3. The van der Waals surface area contributed by atoms with Crippen LogP contribution in [-0.2, 0) is 4.74 Å². The molecule has 7 heteroatoms. The van der Waals surface area contributed by atoms with Crippen molar-refractivity contribution < 1.29 is 14.3 Å². The summed E-state index contributed by atoms with van der Waals surface area (Å²) in [7, 11) is 0. The number of para-hydroxylation sites is 1. The van der Waals surface area contributed by atoms with Crippen LogP contribution in [-0.4, -0.2) is 28.5 Å². The van der Waals surface area contributed by atoms with Gasteiger partial charge in [-0.05, 0) is 50.2 Å². The second-order valence-electron chi connectivity index (χ2n) is 5.93. The molecule has 2 aromatic carbocycles. The smallest absolute Gasteiger partial charge is 0.338 e. The van der Waals surface area contributed by atoms with E-state index < -0.39 is 0 Å². The molecule has 0 saturated carbocycles. The summed E-state index contributed by atoms with van der Waals surface area (Å²) >= 11 is 0. The van der Waals surface area contributed by atoms with Crippen molar-refractivity contribution in [2.45, 2.75) is 13.8 Å². The van der Waals surface area contributed by atoms with E-state index >= 15 is 0 Å². The van der Waals surface area contributed by atoms with E-state index in [-0.39, 0.29) is 17.6 Å². The van der Waals surface area contributed by atoms with E-state index in [0.29, 0.717) is 29.5 Å². The van der Waals surface area contributed by atoms with E-state index in [0.717, 1.165) is 5.69 Å². The molecule has 0 saturated heterocycles. The van der Waals surface area contributed by atoms with Gasteiger partial charge >= 0.3 is 5.97 Å². The maximum atomic E-state index is 12.5. The first-order valence-corrected chi connectivity index (χ1v) is 8.81. The van der Waals surface area contributed by atoms with Crippen LogP contribution in [0.25, 0.3) is 0 Å². The number of carbonyl (C=O) groups is 2. The molecule has 3 aromatic rings. The minimum Gasteiger partial charge on any atom is -0.462 e. The second-order valence-corrected chi connectivity index (χ2v) is 5.93. The minimum absolute atomic E-state index is 0.252. The number of benzene rings is 2. The molecule has 0 atom stereocenters. The Labute approximate surface area is 162 Å². The molecular weight excluding hydrogens is 356 g/mol. The van der Waals surface area contributed by atoms with E-state index in [1.54, 1.807) is 56.3 Å². The maximum absolute atomic E-state index is 12.5. The predicted octanol–water partition coefficient (Wildman–Crippen LogP) is 3.96. The van der Waals surface area contributed by atoms with Gasteiger partial charge in [-0.3, -0.25) is 4.79 Å².